The van der Waals surface area contributed by atoms with Crippen molar-refractivity contribution in [2.24, 2.45) is 5.92 Å². The Hall–Kier alpha value is -1.35. The first-order chi connectivity index (χ1) is 8.33. The van der Waals surface area contributed by atoms with Crippen molar-refractivity contribution in [3.8, 4) is 0 Å². The lowest BCUT2D eigenvalue weighted by Gasteiger charge is -2.22. The third-order valence-electron chi connectivity index (χ3n) is 3.68. The molecule has 1 atom stereocenters. The summed E-state index contributed by atoms with van der Waals surface area (Å²) < 4.78 is 0. The maximum Gasteiger partial charge on any atom is 0.0923 e. The highest BCUT2D eigenvalue weighted by molar-refractivity contribution is 5.82. The van der Waals surface area contributed by atoms with Crippen LogP contribution in [0.5, 0.6) is 0 Å². The predicted octanol–water partition coefficient (Wildman–Crippen LogP) is 2.41. The van der Waals surface area contributed by atoms with Gasteiger partial charge in [-0.25, -0.2) is 0 Å². The van der Waals surface area contributed by atoms with E-state index in [1.165, 1.54) is 36.0 Å². The van der Waals surface area contributed by atoms with E-state index in [1.807, 2.05) is 0 Å². The van der Waals surface area contributed by atoms with E-state index in [9.17, 15) is 0 Å². The van der Waals surface area contributed by atoms with Crippen LogP contribution >= 0.6 is 0 Å². The highest BCUT2D eigenvalue weighted by Gasteiger charge is 2.16. The molecular weight excluding hydrogens is 210 g/mol. The number of nitrogens with zero attached hydrogens (tertiary/aromatic N) is 1. The topological polar surface area (TPSA) is 40.7 Å². The molecule has 0 spiro atoms. The Balaban J connectivity index is 1.86. The molecule has 2 aromatic rings. The number of nitrogens with one attached hydrogen (secondary N) is 2. The fourth-order valence-electron chi connectivity index (χ4n) is 2.72. The minimum Gasteiger partial charge on any atom is -0.316 e. The monoisotopic (exact) mass is 229 g/mol. The molecule has 3 nitrogen and oxygen atoms in total. The van der Waals surface area contributed by atoms with Gasteiger partial charge in [0.05, 0.1) is 5.52 Å². The van der Waals surface area contributed by atoms with Crippen LogP contribution in [0.25, 0.3) is 10.9 Å². The Labute approximate surface area is 102 Å². The lowest BCUT2D eigenvalue weighted by Crippen LogP contribution is -2.30. The lowest BCUT2D eigenvalue weighted by molar-refractivity contribution is 0.374. The van der Waals surface area contributed by atoms with Gasteiger partial charge in [-0.05, 0) is 57.3 Å². The van der Waals surface area contributed by atoms with Gasteiger partial charge in [-0.15, -0.1) is 0 Å². The predicted molar refractivity (Wildman–Crippen MR) is 70.1 cm³/mol. The molecule has 90 valence electrons. The average Bonchev–Trinajstić information content (AvgIpc) is 2.73. The Morgan fingerprint density at radius 1 is 1.41 bits per heavy atom. The second kappa shape index (κ2) is 4.49. The highest BCUT2D eigenvalue weighted by atomic mass is 15.1. The van der Waals surface area contributed by atoms with Crippen LogP contribution in [0, 0.1) is 12.8 Å². The number of benzene rings is 1. The van der Waals surface area contributed by atoms with Crippen LogP contribution in [0.2, 0.25) is 0 Å². The van der Waals surface area contributed by atoms with Crippen LogP contribution in [0.1, 0.15) is 24.1 Å². The van der Waals surface area contributed by atoms with Gasteiger partial charge < -0.3 is 5.32 Å². The molecule has 0 bridgehead atoms. The van der Waals surface area contributed by atoms with Gasteiger partial charge in [0.15, 0.2) is 0 Å². The molecule has 1 saturated heterocycles. The second-order valence-corrected chi connectivity index (χ2v) is 5.14. The minimum absolute atomic E-state index is 0.757. The van der Waals surface area contributed by atoms with Gasteiger partial charge in [0.1, 0.15) is 0 Å². The molecule has 2 N–H and O–H groups in total. The summed E-state index contributed by atoms with van der Waals surface area (Å²) in [5, 5.41) is 12.4. The molecule has 1 aromatic heterocycles. The summed E-state index contributed by atoms with van der Waals surface area (Å²) in [7, 11) is 0. The van der Waals surface area contributed by atoms with E-state index >= 15 is 0 Å². The fourth-order valence-corrected chi connectivity index (χ4v) is 2.72. The summed E-state index contributed by atoms with van der Waals surface area (Å²) in [5.74, 6) is 0.757. The van der Waals surface area contributed by atoms with Gasteiger partial charge in [-0.2, -0.15) is 5.10 Å². The van der Waals surface area contributed by atoms with Crippen molar-refractivity contribution in [1.29, 1.82) is 0 Å². The number of hydrogen-bond donors (Lipinski definition) is 2. The largest absolute Gasteiger partial charge is 0.316 e. The summed E-state index contributed by atoms with van der Waals surface area (Å²) in [6.07, 6.45) is 3.75. The van der Waals surface area contributed by atoms with Crippen LogP contribution in [-0.4, -0.2) is 23.3 Å². The van der Waals surface area contributed by atoms with Crippen molar-refractivity contribution in [2.45, 2.75) is 26.2 Å². The molecule has 1 aliphatic rings. The maximum absolute atomic E-state index is 4.38. The Kier molecular flexibility index (Phi) is 2.85. The van der Waals surface area contributed by atoms with E-state index in [0.29, 0.717) is 0 Å². The molecule has 0 amide bonds. The van der Waals surface area contributed by atoms with Gasteiger partial charge in [-0.3, -0.25) is 5.10 Å². The first-order valence-corrected chi connectivity index (χ1v) is 6.47. The normalized spacial score (nSPS) is 20.9. The lowest BCUT2D eigenvalue weighted by atomic mass is 9.93. The molecule has 1 unspecified atom stereocenters. The van der Waals surface area contributed by atoms with Gasteiger partial charge in [-0.1, -0.05) is 11.6 Å². The molecule has 1 aliphatic heterocycles. The smallest absolute Gasteiger partial charge is 0.0923 e. The molecule has 2 heterocycles. The molecular formula is C14H19N3. The first-order valence-electron chi connectivity index (χ1n) is 6.47. The van der Waals surface area contributed by atoms with Crippen molar-refractivity contribution >= 4 is 10.9 Å². The van der Waals surface area contributed by atoms with Gasteiger partial charge >= 0.3 is 0 Å². The summed E-state index contributed by atoms with van der Waals surface area (Å²) in [6, 6.07) is 6.46. The van der Waals surface area contributed by atoms with Crippen LogP contribution in [0.15, 0.2) is 18.2 Å². The van der Waals surface area contributed by atoms with E-state index in [4.69, 9.17) is 0 Å². The average molecular weight is 229 g/mol. The van der Waals surface area contributed by atoms with E-state index in [1.54, 1.807) is 0 Å². The molecule has 0 saturated carbocycles. The molecule has 3 rings (SSSR count). The third-order valence-corrected chi connectivity index (χ3v) is 3.68. The zero-order valence-electron chi connectivity index (χ0n) is 10.3. The van der Waals surface area contributed by atoms with Gasteiger partial charge in [0.2, 0.25) is 0 Å². The quantitative estimate of drug-likeness (QED) is 0.830. The van der Waals surface area contributed by atoms with Crippen molar-refractivity contribution in [2.75, 3.05) is 13.1 Å². The number of H-pyrrole nitrogens is 1. The fraction of sp³-hybridized carbons (Fsp3) is 0.500. The van der Waals surface area contributed by atoms with E-state index < -0.39 is 0 Å². The maximum atomic E-state index is 4.38. The van der Waals surface area contributed by atoms with Crippen LogP contribution in [0.4, 0.5) is 0 Å². The zero-order chi connectivity index (χ0) is 11.7. The van der Waals surface area contributed by atoms with E-state index in [2.05, 4.69) is 40.6 Å². The van der Waals surface area contributed by atoms with Crippen LogP contribution in [-0.2, 0) is 6.42 Å². The Bertz CT molecular complexity index is 509. The third kappa shape index (κ3) is 2.20. The minimum atomic E-state index is 0.757. The zero-order valence-corrected chi connectivity index (χ0v) is 10.3. The summed E-state index contributed by atoms with van der Waals surface area (Å²) in [4.78, 5) is 0. The number of rotatable bonds is 2. The SMILES string of the molecule is Cc1ccc2n[nH]c(CC3CCCNC3)c2c1. The highest BCUT2D eigenvalue weighted by Crippen LogP contribution is 2.22. The number of aryl methyl sites for hydroxylation is 1. The molecule has 0 radical (unpaired) electrons. The Morgan fingerprint density at radius 3 is 3.18 bits per heavy atom. The van der Waals surface area contributed by atoms with Crippen LogP contribution in [0.3, 0.4) is 0 Å². The van der Waals surface area contributed by atoms with E-state index in [-0.39, 0.29) is 0 Å². The molecule has 0 aliphatic carbocycles. The van der Waals surface area contributed by atoms with Crippen molar-refractivity contribution < 1.29 is 0 Å². The number of piperidine rings is 1. The van der Waals surface area contributed by atoms with E-state index in [0.717, 1.165) is 24.4 Å². The number of aromatic nitrogens is 2. The summed E-state index contributed by atoms with van der Waals surface area (Å²) >= 11 is 0. The molecule has 17 heavy (non-hydrogen) atoms. The summed E-state index contributed by atoms with van der Waals surface area (Å²) in [6.45, 7) is 4.46. The second-order valence-electron chi connectivity index (χ2n) is 5.14. The van der Waals surface area contributed by atoms with Gasteiger partial charge in [0.25, 0.3) is 0 Å². The van der Waals surface area contributed by atoms with Crippen molar-refractivity contribution in [3.63, 3.8) is 0 Å². The molecule has 3 heteroatoms. The molecule has 1 fully saturated rings. The first kappa shape index (κ1) is 10.8. The summed E-state index contributed by atoms with van der Waals surface area (Å²) in [5.41, 5.74) is 3.70. The standard InChI is InChI=1S/C14H19N3/c1-10-4-5-13-12(7-10)14(17-16-13)8-11-3-2-6-15-9-11/h4-5,7,11,15H,2-3,6,8-9H2,1H3,(H,16,17). The van der Waals surface area contributed by atoms with Crippen molar-refractivity contribution in [1.82, 2.24) is 15.5 Å². The number of hydrogen-bond acceptors (Lipinski definition) is 2. The van der Waals surface area contributed by atoms with Gasteiger partial charge in [0, 0.05) is 11.1 Å². The van der Waals surface area contributed by atoms with Crippen LogP contribution < -0.4 is 5.32 Å². The number of fused-ring (bicyclic) bond motifs is 1. The molecule has 1 aromatic carbocycles. The number of aromatic amines is 1. The van der Waals surface area contributed by atoms with Crippen molar-refractivity contribution in [3.05, 3.63) is 29.5 Å². The Morgan fingerprint density at radius 2 is 2.35 bits per heavy atom.